The Hall–Kier alpha value is -2.09. The number of rotatable bonds is 3. The highest BCUT2D eigenvalue weighted by Gasteiger charge is 2.52. The van der Waals surface area contributed by atoms with Crippen molar-refractivity contribution in [1.29, 1.82) is 0 Å². The topological polar surface area (TPSA) is 75.9 Å². The minimum Gasteiger partial charge on any atom is -0.444 e. The van der Waals surface area contributed by atoms with Crippen molar-refractivity contribution >= 4 is 33.4 Å². The average molecular weight is 463 g/mol. The highest BCUT2D eigenvalue weighted by molar-refractivity contribution is 9.10. The largest absolute Gasteiger partial charge is 0.444 e. The van der Waals surface area contributed by atoms with E-state index in [1.807, 2.05) is 50.4 Å². The van der Waals surface area contributed by atoms with Gasteiger partial charge in [0, 0.05) is 29.7 Å². The molecule has 3 atom stereocenters. The van der Waals surface area contributed by atoms with Crippen LogP contribution in [0.1, 0.15) is 46.0 Å². The number of likely N-dealkylation sites (tertiary alicyclic amines) is 1. The van der Waals surface area contributed by atoms with Gasteiger partial charge in [-0.25, -0.2) is 9.78 Å². The molecular weight excluding hydrogens is 436 g/mol. The van der Waals surface area contributed by atoms with Crippen molar-refractivity contribution in [2.75, 3.05) is 13.1 Å². The minimum absolute atomic E-state index is 0.0471. The van der Waals surface area contributed by atoms with E-state index in [2.05, 4.69) is 26.2 Å². The summed E-state index contributed by atoms with van der Waals surface area (Å²) in [5, 5.41) is 3.13. The molecule has 0 spiro atoms. The molecule has 2 amide bonds. The van der Waals surface area contributed by atoms with Crippen LogP contribution >= 0.6 is 15.9 Å². The number of amides is 2. The predicted octanol–water partition coefficient (Wildman–Crippen LogP) is 3.78. The van der Waals surface area contributed by atoms with E-state index in [4.69, 9.17) is 4.74 Å². The number of carbonyl (C=O) groups is 2. The monoisotopic (exact) mass is 462 g/mol. The molecule has 2 aromatic rings. The first-order chi connectivity index (χ1) is 13.6. The Balaban J connectivity index is 1.39. The van der Waals surface area contributed by atoms with Crippen LogP contribution in [0, 0.1) is 17.8 Å². The number of ether oxygens (including phenoxy) is 1. The zero-order chi connectivity index (χ0) is 20.9. The second-order valence-corrected chi connectivity index (χ2v) is 9.98. The van der Waals surface area contributed by atoms with Gasteiger partial charge >= 0.3 is 6.09 Å². The van der Waals surface area contributed by atoms with Crippen molar-refractivity contribution < 1.29 is 14.3 Å². The summed E-state index contributed by atoms with van der Waals surface area (Å²) in [7, 11) is 0. The Labute approximate surface area is 178 Å². The van der Waals surface area contributed by atoms with Crippen LogP contribution < -0.4 is 5.32 Å². The molecular formula is C21H27BrN4O3. The molecule has 2 fully saturated rings. The highest BCUT2D eigenvalue weighted by Crippen LogP contribution is 2.46. The van der Waals surface area contributed by atoms with E-state index in [0.717, 1.165) is 22.2 Å². The number of hydrogen-bond acceptors (Lipinski definition) is 4. The van der Waals surface area contributed by atoms with Gasteiger partial charge in [-0.1, -0.05) is 0 Å². The number of aromatic nitrogens is 2. The molecule has 2 aromatic heterocycles. The maximum Gasteiger partial charge on any atom is 0.410 e. The standard InChI is InChI=1S/C21H27BrN4O3/c1-12(18-23-9-16-15(22)6-5-7-26(16)18)24-19(27)17-13-8-14(17)11-25(10-13)20(28)29-21(2,3)4/h5-7,9,12-14,17H,8,10-11H2,1-4H3,(H,24,27). The van der Waals surface area contributed by atoms with Crippen molar-refractivity contribution in [1.82, 2.24) is 19.6 Å². The number of hydrogen-bond donors (Lipinski definition) is 1. The summed E-state index contributed by atoms with van der Waals surface area (Å²) in [4.78, 5) is 31.5. The molecule has 156 valence electrons. The molecule has 8 heteroatoms. The second kappa shape index (κ2) is 7.31. The molecule has 2 bridgehead atoms. The van der Waals surface area contributed by atoms with Crippen LogP contribution in [0.5, 0.6) is 0 Å². The number of fused-ring (bicyclic) bond motifs is 3. The Morgan fingerprint density at radius 1 is 1.31 bits per heavy atom. The molecule has 29 heavy (non-hydrogen) atoms. The molecule has 1 saturated heterocycles. The average Bonchev–Trinajstić information content (AvgIpc) is 3.05. The molecule has 0 radical (unpaired) electrons. The summed E-state index contributed by atoms with van der Waals surface area (Å²) in [5.41, 5.74) is 0.463. The number of halogens is 1. The SMILES string of the molecule is CC(NC(=O)C1C2CC1CN(C(=O)OC(C)(C)C)C2)c1ncc2c(Br)cccn12. The zero-order valence-corrected chi connectivity index (χ0v) is 18.8. The molecule has 2 aliphatic rings. The van der Waals surface area contributed by atoms with Gasteiger partial charge in [-0.15, -0.1) is 0 Å². The Kier molecular flexibility index (Phi) is 5.09. The molecule has 0 aromatic carbocycles. The van der Waals surface area contributed by atoms with Crippen molar-refractivity contribution in [3.63, 3.8) is 0 Å². The fourth-order valence-electron chi connectivity index (χ4n) is 4.49. The van der Waals surface area contributed by atoms with E-state index in [1.54, 1.807) is 11.1 Å². The number of piperidine rings is 2. The van der Waals surface area contributed by atoms with Gasteiger partial charge in [0.05, 0.1) is 17.8 Å². The highest BCUT2D eigenvalue weighted by atomic mass is 79.9. The van der Waals surface area contributed by atoms with Gasteiger partial charge < -0.3 is 19.4 Å². The van der Waals surface area contributed by atoms with Crippen LogP contribution in [0.3, 0.4) is 0 Å². The third-order valence-electron chi connectivity index (χ3n) is 5.78. The van der Waals surface area contributed by atoms with Gasteiger partial charge in [-0.3, -0.25) is 4.79 Å². The van der Waals surface area contributed by atoms with E-state index in [-0.39, 0.29) is 35.8 Å². The number of carbonyl (C=O) groups excluding carboxylic acids is 2. The number of imidazole rings is 1. The Morgan fingerprint density at radius 3 is 2.66 bits per heavy atom. The molecule has 1 aliphatic heterocycles. The quantitative estimate of drug-likeness (QED) is 0.752. The van der Waals surface area contributed by atoms with Crippen LogP contribution in [-0.4, -0.2) is 45.0 Å². The zero-order valence-electron chi connectivity index (χ0n) is 17.2. The minimum atomic E-state index is -0.507. The molecule has 3 unspecified atom stereocenters. The normalized spacial score (nSPS) is 24.7. The number of nitrogens with zero attached hydrogens (tertiary/aromatic N) is 3. The van der Waals surface area contributed by atoms with Crippen LogP contribution in [0.15, 0.2) is 29.0 Å². The van der Waals surface area contributed by atoms with Gasteiger partial charge in [0.2, 0.25) is 5.91 Å². The first kappa shape index (κ1) is 20.2. The lowest BCUT2D eigenvalue weighted by Gasteiger charge is -2.52. The third kappa shape index (κ3) is 3.86. The first-order valence-corrected chi connectivity index (χ1v) is 10.8. The first-order valence-electron chi connectivity index (χ1n) is 10.0. The van der Waals surface area contributed by atoms with Gasteiger partial charge in [0.15, 0.2) is 0 Å². The van der Waals surface area contributed by atoms with E-state index in [1.165, 1.54) is 0 Å². The van der Waals surface area contributed by atoms with E-state index in [0.29, 0.717) is 13.1 Å². The van der Waals surface area contributed by atoms with E-state index >= 15 is 0 Å². The fraction of sp³-hybridized carbons (Fsp3) is 0.571. The molecule has 7 nitrogen and oxygen atoms in total. The summed E-state index contributed by atoms with van der Waals surface area (Å²) in [5.74, 6) is 1.19. The molecule has 1 N–H and O–H groups in total. The lowest BCUT2D eigenvalue weighted by molar-refractivity contribution is -0.142. The Morgan fingerprint density at radius 2 is 2.00 bits per heavy atom. The van der Waals surface area contributed by atoms with Crippen LogP contribution in [-0.2, 0) is 9.53 Å². The Bertz CT molecular complexity index is 939. The van der Waals surface area contributed by atoms with Crippen molar-refractivity contribution in [2.24, 2.45) is 17.8 Å². The van der Waals surface area contributed by atoms with Crippen LogP contribution in [0.2, 0.25) is 0 Å². The molecule has 1 aliphatic carbocycles. The van der Waals surface area contributed by atoms with Gasteiger partial charge in [-0.2, -0.15) is 0 Å². The fourth-order valence-corrected chi connectivity index (χ4v) is 4.94. The van der Waals surface area contributed by atoms with E-state index < -0.39 is 5.60 Å². The molecule has 1 saturated carbocycles. The second-order valence-electron chi connectivity index (χ2n) is 9.13. The van der Waals surface area contributed by atoms with Crippen LogP contribution in [0.25, 0.3) is 5.52 Å². The summed E-state index contributed by atoms with van der Waals surface area (Å²) in [6.07, 6.45) is 4.46. The van der Waals surface area contributed by atoms with E-state index in [9.17, 15) is 9.59 Å². The van der Waals surface area contributed by atoms with Crippen LogP contribution in [0.4, 0.5) is 4.79 Å². The number of nitrogens with one attached hydrogen (secondary N) is 1. The van der Waals surface area contributed by atoms with Crippen molar-refractivity contribution in [3.8, 4) is 0 Å². The van der Waals surface area contributed by atoms with Gasteiger partial charge in [0.1, 0.15) is 11.4 Å². The summed E-state index contributed by atoms with van der Waals surface area (Å²) in [6.45, 7) is 8.71. The van der Waals surface area contributed by atoms with Crippen molar-refractivity contribution in [3.05, 3.63) is 34.8 Å². The summed E-state index contributed by atoms with van der Waals surface area (Å²) < 4.78 is 8.43. The van der Waals surface area contributed by atoms with Gasteiger partial charge in [-0.05, 0) is 74.0 Å². The summed E-state index contributed by atoms with van der Waals surface area (Å²) >= 11 is 3.53. The third-order valence-corrected chi connectivity index (χ3v) is 6.45. The lowest BCUT2D eigenvalue weighted by Crippen LogP contribution is -2.61. The smallest absolute Gasteiger partial charge is 0.410 e. The summed E-state index contributed by atoms with van der Waals surface area (Å²) in [6, 6.07) is 3.71. The predicted molar refractivity (Wildman–Crippen MR) is 112 cm³/mol. The maximum absolute atomic E-state index is 13.0. The molecule has 3 heterocycles. The maximum atomic E-state index is 13.0. The van der Waals surface area contributed by atoms with Gasteiger partial charge in [0.25, 0.3) is 0 Å². The molecule has 4 rings (SSSR count). The number of pyridine rings is 1. The lowest BCUT2D eigenvalue weighted by atomic mass is 9.61. The van der Waals surface area contributed by atoms with Crippen molar-refractivity contribution in [2.45, 2.75) is 45.8 Å².